The van der Waals surface area contributed by atoms with Gasteiger partial charge in [-0.3, -0.25) is 0 Å². The second-order valence-electron chi connectivity index (χ2n) is 4.02. The summed E-state index contributed by atoms with van der Waals surface area (Å²) in [6.07, 6.45) is 0. The summed E-state index contributed by atoms with van der Waals surface area (Å²) in [6.45, 7) is -0.731. The highest BCUT2D eigenvalue weighted by Crippen LogP contribution is 2.22. The first-order valence-electron chi connectivity index (χ1n) is 5.39. The molecule has 0 amide bonds. The summed E-state index contributed by atoms with van der Waals surface area (Å²) < 4.78 is 31.5. The number of hydrogen-bond acceptors (Lipinski definition) is 4. The van der Waals surface area contributed by atoms with Gasteiger partial charge < -0.3 is 14.7 Å². The zero-order chi connectivity index (χ0) is 13.2. The van der Waals surface area contributed by atoms with Gasteiger partial charge in [0.05, 0.1) is 13.2 Å². The van der Waals surface area contributed by atoms with E-state index in [1.807, 2.05) is 0 Å². The van der Waals surface area contributed by atoms with Crippen molar-refractivity contribution in [1.29, 1.82) is 0 Å². The van der Waals surface area contributed by atoms with Crippen molar-refractivity contribution in [1.82, 2.24) is 4.98 Å². The third-order valence-corrected chi connectivity index (χ3v) is 2.52. The fourth-order valence-electron chi connectivity index (χ4n) is 1.71. The van der Waals surface area contributed by atoms with E-state index in [-0.39, 0.29) is 24.7 Å². The Morgan fingerprint density at radius 1 is 1.50 bits per heavy atom. The van der Waals surface area contributed by atoms with Gasteiger partial charge in [-0.2, -0.15) is 0 Å². The predicted octanol–water partition coefficient (Wildman–Crippen LogP) is 1.25. The van der Waals surface area contributed by atoms with Gasteiger partial charge in [0.1, 0.15) is 12.4 Å². The van der Waals surface area contributed by atoms with E-state index < -0.39 is 25.0 Å². The molecule has 1 aromatic rings. The van der Waals surface area contributed by atoms with E-state index in [1.165, 1.54) is 23.1 Å². The van der Waals surface area contributed by atoms with Gasteiger partial charge in [-0.1, -0.05) is 6.07 Å². The number of hydrogen-bond donors (Lipinski definition) is 1. The topological polar surface area (TPSA) is 62.7 Å². The average molecular weight is 258 g/mol. The molecule has 0 aromatic carbocycles. The molecule has 5 nitrogen and oxygen atoms in total. The van der Waals surface area contributed by atoms with Crippen LogP contribution in [0.2, 0.25) is 0 Å². The van der Waals surface area contributed by atoms with Gasteiger partial charge in [0, 0.05) is 6.54 Å². The summed E-state index contributed by atoms with van der Waals surface area (Å²) in [5.41, 5.74) is -0.166. The van der Waals surface area contributed by atoms with Crippen LogP contribution in [-0.4, -0.2) is 48.3 Å². The van der Waals surface area contributed by atoms with E-state index in [2.05, 4.69) is 4.98 Å². The maximum atomic E-state index is 13.3. The molecule has 0 unspecified atom stereocenters. The second-order valence-corrected chi connectivity index (χ2v) is 4.02. The van der Waals surface area contributed by atoms with E-state index in [0.29, 0.717) is 0 Å². The van der Waals surface area contributed by atoms with E-state index in [0.717, 1.165) is 0 Å². The van der Waals surface area contributed by atoms with Crippen LogP contribution in [0.3, 0.4) is 0 Å². The minimum Gasteiger partial charge on any atom is -0.477 e. The molecule has 0 atom stereocenters. The van der Waals surface area contributed by atoms with E-state index in [4.69, 9.17) is 9.84 Å². The van der Waals surface area contributed by atoms with E-state index in [9.17, 15) is 13.6 Å². The first kappa shape index (κ1) is 12.7. The molecule has 1 aromatic heterocycles. The van der Waals surface area contributed by atoms with Gasteiger partial charge in [-0.15, -0.1) is 0 Å². The molecule has 7 heteroatoms. The number of carboxylic acids is 1. The normalized spacial score (nSPS) is 19.3. The number of pyridine rings is 1. The summed E-state index contributed by atoms with van der Waals surface area (Å²) in [6, 6.07) is 4.31. The molecule has 1 fully saturated rings. The van der Waals surface area contributed by atoms with Gasteiger partial charge in [-0.25, -0.2) is 18.6 Å². The number of halogens is 2. The molecule has 0 saturated carbocycles. The Labute approximate surface area is 102 Å². The van der Waals surface area contributed by atoms with E-state index >= 15 is 0 Å². The minimum absolute atomic E-state index is 0.161. The quantitative estimate of drug-likeness (QED) is 0.865. The molecular weight excluding hydrogens is 246 g/mol. The maximum Gasteiger partial charge on any atom is 0.354 e. The molecule has 98 valence electrons. The van der Waals surface area contributed by atoms with Crippen LogP contribution in [0.5, 0.6) is 0 Å². The van der Waals surface area contributed by atoms with Crippen molar-refractivity contribution < 1.29 is 23.4 Å². The Hall–Kier alpha value is -1.76. The number of aromatic nitrogens is 1. The van der Waals surface area contributed by atoms with Gasteiger partial charge in [0.15, 0.2) is 5.69 Å². The van der Waals surface area contributed by atoms with Crippen molar-refractivity contribution in [2.75, 3.05) is 31.2 Å². The first-order chi connectivity index (χ1) is 8.48. The lowest BCUT2D eigenvalue weighted by atomic mass is 10.3. The van der Waals surface area contributed by atoms with Crippen LogP contribution in [0.4, 0.5) is 14.6 Å². The van der Waals surface area contributed by atoms with Crippen LogP contribution in [0.25, 0.3) is 0 Å². The van der Waals surface area contributed by atoms with Gasteiger partial charge >= 0.3 is 5.97 Å². The Morgan fingerprint density at radius 3 is 3.00 bits per heavy atom. The smallest absolute Gasteiger partial charge is 0.354 e. The molecule has 18 heavy (non-hydrogen) atoms. The zero-order valence-corrected chi connectivity index (χ0v) is 9.47. The van der Waals surface area contributed by atoms with Gasteiger partial charge in [0.2, 0.25) is 0 Å². The molecule has 1 N–H and O–H groups in total. The summed E-state index contributed by atoms with van der Waals surface area (Å²) in [5.74, 6) is -3.92. The lowest BCUT2D eigenvalue weighted by Crippen LogP contribution is -2.38. The molecule has 0 bridgehead atoms. The lowest BCUT2D eigenvalue weighted by molar-refractivity contribution is -0.0564. The highest BCUT2D eigenvalue weighted by Gasteiger charge is 2.35. The summed E-state index contributed by atoms with van der Waals surface area (Å²) >= 11 is 0. The van der Waals surface area contributed by atoms with Gasteiger partial charge in [0.25, 0.3) is 5.92 Å². The van der Waals surface area contributed by atoms with Crippen molar-refractivity contribution in [3.8, 4) is 0 Å². The molecule has 1 aliphatic heterocycles. The average Bonchev–Trinajstić information content (AvgIpc) is 2.50. The van der Waals surface area contributed by atoms with Crippen LogP contribution in [0, 0.1) is 0 Å². The van der Waals surface area contributed by atoms with Crippen molar-refractivity contribution in [2.24, 2.45) is 0 Å². The van der Waals surface area contributed by atoms with Gasteiger partial charge in [-0.05, 0) is 12.1 Å². The Kier molecular flexibility index (Phi) is 3.42. The highest BCUT2D eigenvalue weighted by molar-refractivity contribution is 5.85. The molecule has 2 rings (SSSR count). The standard InChI is InChI=1S/C11H12F2N2O3/c12-11(13)6-15(4-5-18-7-11)9-3-1-2-8(14-9)10(16)17/h1-3H,4-7H2,(H,16,17). The van der Waals surface area contributed by atoms with Crippen molar-refractivity contribution in [2.45, 2.75) is 5.92 Å². The molecule has 0 radical (unpaired) electrons. The number of anilines is 1. The molecule has 0 aliphatic carbocycles. The lowest BCUT2D eigenvalue weighted by Gasteiger charge is -2.24. The first-order valence-corrected chi connectivity index (χ1v) is 5.39. The zero-order valence-electron chi connectivity index (χ0n) is 9.47. The molecule has 1 aliphatic rings. The number of alkyl halides is 2. The van der Waals surface area contributed by atoms with Crippen molar-refractivity contribution in [3.63, 3.8) is 0 Å². The monoisotopic (exact) mass is 258 g/mol. The minimum atomic E-state index is -2.96. The van der Waals surface area contributed by atoms with Crippen molar-refractivity contribution >= 4 is 11.8 Å². The summed E-state index contributed by atoms with van der Waals surface area (Å²) in [5, 5.41) is 8.81. The predicted molar refractivity (Wildman–Crippen MR) is 59.2 cm³/mol. The third kappa shape index (κ3) is 2.92. The van der Waals surface area contributed by atoms with Crippen LogP contribution in [-0.2, 0) is 4.74 Å². The summed E-state index contributed by atoms with van der Waals surface area (Å²) in [7, 11) is 0. The van der Waals surface area contributed by atoms with Crippen LogP contribution < -0.4 is 4.90 Å². The number of carboxylic acid groups (broad SMARTS) is 1. The van der Waals surface area contributed by atoms with Crippen LogP contribution in [0.15, 0.2) is 18.2 Å². The number of carbonyl (C=O) groups is 1. The van der Waals surface area contributed by atoms with Crippen molar-refractivity contribution in [3.05, 3.63) is 23.9 Å². The number of ether oxygens (including phenoxy) is 1. The fourth-order valence-corrected chi connectivity index (χ4v) is 1.71. The maximum absolute atomic E-state index is 13.3. The highest BCUT2D eigenvalue weighted by atomic mass is 19.3. The number of nitrogens with zero attached hydrogens (tertiary/aromatic N) is 2. The Morgan fingerprint density at radius 2 is 2.28 bits per heavy atom. The molecular formula is C11H12F2N2O3. The molecule has 1 saturated heterocycles. The Balaban J connectivity index is 2.24. The molecule has 2 heterocycles. The Bertz CT molecular complexity index is 454. The SMILES string of the molecule is O=C(O)c1cccc(N2CCOCC(F)(F)C2)n1. The largest absolute Gasteiger partial charge is 0.477 e. The van der Waals surface area contributed by atoms with Crippen LogP contribution >= 0.6 is 0 Å². The molecule has 0 spiro atoms. The van der Waals surface area contributed by atoms with Crippen LogP contribution in [0.1, 0.15) is 10.5 Å². The number of rotatable bonds is 2. The second kappa shape index (κ2) is 4.85. The third-order valence-electron chi connectivity index (χ3n) is 2.52. The number of aromatic carboxylic acids is 1. The fraction of sp³-hybridized carbons (Fsp3) is 0.455. The van der Waals surface area contributed by atoms with E-state index in [1.54, 1.807) is 0 Å². The summed E-state index contributed by atoms with van der Waals surface area (Å²) in [4.78, 5) is 16.0.